The summed E-state index contributed by atoms with van der Waals surface area (Å²) in [5.41, 5.74) is 7.40. The van der Waals surface area contributed by atoms with Gasteiger partial charge in [-0.05, 0) is 36.3 Å². The van der Waals surface area contributed by atoms with Crippen LogP contribution in [0.1, 0.15) is 24.8 Å². The first kappa shape index (κ1) is 14.3. The SMILES string of the molecule is NC(=S)Cc1ccc(NC(=O)C2CCCCS2)cc1. The molecule has 1 aromatic rings. The fourth-order valence-electron chi connectivity index (χ4n) is 2.08. The Hall–Kier alpha value is -1.07. The van der Waals surface area contributed by atoms with E-state index < -0.39 is 0 Å². The third-order valence-electron chi connectivity index (χ3n) is 3.07. The zero-order chi connectivity index (χ0) is 13.7. The number of thiocarbonyl (C=S) groups is 1. The summed E-state index contributed by atoms with van der Waals surface area (Å²) in [6, 6.07) is 7.70. The lowest BCUT2D eigenvalue weighted by molar-refractivity contribution is -0.115. The predicted molar refractivity (Wildman–Crippen MR) is 85.7 cm³/mol. The second-order valence-corrected chi connectivity index (χ2v) is 6.52. The molecule has 0 bridgehead atoms. The first-order chi connectivity index (χ1) is 9.15. The maximum Gasteiger partial charge on any atom is 0.237 e. The van der Waals surface area contributed by atoms with E-state index in [0.29, 0.717) is 11.4 Å². The van der Waals surface area contributed by atoms with E-state index in [-0.39, 0.29) is 11.2 Å². The Morgan fingerprint density at radius 2 is 2.11 bits per heavy atom. The zero-order valence-electron chi connectivity index (χ0n) is 10.7. The fraction of sp³-hybridized carbons (Fsp3) is 0.429. The summed E-state index contributed by atoms with van der Waals surface area (Å²) >= 11 is 6.63. The highest BCUT2D eigenvalue weighted by atomic mass is 32.2. The summed E-state index contributed by atoms with van der Waals surface area (Å²) in [6.07, 6.45) is 3.96. The molecule has 0 aromatic heterocycles. The van der Waals surface area contributed by atoms with Crippen LogP contribution in [0.25, 0.3) is 0 Å². The average Bonchev–Trinajstić information content (AvgIpc) is 2.41. The molecule has 5 heteroatoms. The number of nitrogens with one attached hydrogen (secondary N) is 1. The van der Waals surface area contributed by atoms with Gasteiger partial charge in [0.25, 0.3) is 0 Å². The van der Waals surface area contributed by atoms with E-state index in [1.165, 1.54) is 6.42 Å². The Balaban J connectivity index is 1.91. The van der Waals surface area contributed by atoms with E-state index in [2.05, 4.69) is 5.32 Å². The van der Waals surface area contributed by atoms with Crippen molar-refractivity contribution in [2.45, 2.75) is 30.9 Å². The Kier molecular flexibility index (Phi) is 5.22. The summed E-state index contributed by atoms with van der Waals surface area (Å²) < 4.78 is 0. The highest BCUT2D eigenvalue weighted by Gasteiger charge is 2.21. The highest BCUT2D eigenvalue weighted by molar-refractivity contribution is 8.00. The van der Waals surface area contributed by atoms with Gasteiger partial charge in [-0.15, -0.1) is 11.8 Å². The molecule has 1 unspecified atom stereocenters. The van der Waals surface area contributed by atoms with Gasteiger partial charge in [-0.3, -0.25) is 4.79 Å². The van der Waals surface area contributed by atoms with Crippen molar-refractivity contribution in [2.75, 3.05) is 11.1 Å². The van der Waals surface area contributed by atoms with Crippen molar-refractivity contribution in [3.05, 3.63) is 29.8 Å². The van der Waals surface area contributed by atoms with Crippen molar-refractivity contribution in [3.63, 3.8) is 0 Å². The van der Waals surface area contributed by atoms with E-state index >= 15 is 0 Å². The van der Waals surface area contributed by atoms with Crippen LogP contribution in [0.2, 0.25) is 0 Å². The zero-order valence-corrected chi connectivity index (χ0v) is 12.4. The molecule has 1 fully saturated rings. The van der Waals surface area contributed by atoms with Gasteiger partial charge in [0, 0.05) is 12.1 Å². The molecule has 1 saturated heterocycles. The molecule has 0 aliphatic carbocycles. The number of rotatable bonds is 4. The van der Waals surface area contributed by atoms with Crippen LogP contribution >= 0.6 is 24.0 Å². The average molecular weight is 294 g/mol. The molecule has 1 aromatic carbocycles. The van der Waals surface area contributed by atoms with Crippen molar-refractivity contribution >= 4 is 40.6 Å². The molecule has 3 nitrogen and oxygen atoms in total. The second kappa shape index (κ2) is 6.91. The molecule has 2 rings (SSSR count). The number of hydrogen-bond donors (Lipinski definition) is 2. The Morgan fingerprint density at radius 1 is 1.37 bits per heavy atom. The summed E-state index contributed by atoms with van der Waals surface area (Å²) in [5.74, 6) is 1.21. The maximum atomic E-state index is 12.1. The lowest BCUT2D eigenvalue weighted by atomic mass is 10.1. The number of thioether (sulfide) groups is 1. The maximum absolute atomic E-state index is 12.1. The van der Waals surface area contributed by atoms with E-state index in [9.17, 15) is 4.79 Å². The number of anilines is 1. The van der Waals surface area contributed by atoms with E-state index in [1.807, 2.05) is 24.3 Å². The number of hydrogen-bond acceptors (Lipinski definition) is 3. The molecule has 0 spiro atoms. The van der Waals surface area contributed by atoms with E-state index in [4.69, 9.17) is 18.0 Å². The van der Waals surface area contributed by atoms with Gasteiger partial charge in [0.2, 0.25) is 5.91 Å². The van der Waals surface area contributed by atoms with Gasteiger partial charge in [-0.2, -0.15) is 0 Å². The van der Waals surface area contributed by atoms with E-state index in [0.717, 1.165) is 29.8 Å². The predicted octanol–water partition coefficient (Wildman–Crippen LogP) is 2.74. The molecular weight excluding hydrogens is 276 g/mol. The van der Waals surface area contributed by atoms with Gasteiger partial charge in [0.15, 0.2) is 0 Å². The summed E-state index contributed by atoms with van der Waals surface area (Å²) in [5, 5.41) is 3.07. The smallest absolute Gasteiger partial charge is 0.237 e. The molecule has 3 N–H and O–H groups in total. The molecule has 1 heterocycles. The van der Waals surface area contributed by atoms with Gasteiger partial charge in [-0.1, -0.05) is 30.8 Å². The molecule has 1 atom stereocenters. The van der Waals surface area contributed by atoms with Crippen LogP contribution in [0.5, 0.6) is 0 Å². The van der Waals surface area contributed by atoms with Crippen molar-refractivity contribution in [1.29, 1.82) is 0 Å². The molecule has 1 aliphatic heterocycles. The van der Waals surface area contributed by atoms with Gasteiger partial charge < -0.3 is 11.1 Å². The third kappa shape index (κ3) is 4.51. The Bertz CT molecular complexity index is 453. The van der Waals surface area contributed by atoms with Crippen molar-refractivity contribution in [3.8, 4) is 0 Å². The molecule has 0 saturated carbocycles. The minimum Gasteiger partial charge on any atom is -0.393 e. The first-order valence-electron chi connectivity index (χ1n) is 6.45. The van der Waals surface area contributed by atoms with Gasteiger partial charge >= 0.3 is 0 Å². The van der Waals surface area contributed by atoms with Crippen LogP contribution in [-0.2, 0) is 11.2 Å². The van der Waals surface area contributed by atoms with E-state index in [1.54, 1.807) is 11.8 Å². The van der Waals surface area contributed by atoms with Crippen LogP contribution in [0.3, 0.4) is 0 Å². The number of carbonyl (C=O) groups is 1. The summed E-state index contributed by atoms with van der Waals surface area (Å²) in [7, 11) is 0. The third-order valence-corrected chi connectivity index (χ3v) is 4.59. The largest absolute Gasteiger partial charge is 0.393 e. The van der Waals surface area contributed by atoms with Crippen LogP contribution < -0.4 is 11.1 Å². The number of amides is 1. The van der Waals surface area contributed by atoms with Gasteiger partial charge in [0.1, 0.15) is 0 Å². The normalized spacial score (nSPS) is 18.8. The van der Waals surface area contributed by atoms with Crippen LogP contribution in [0, 0.1) is 0 Å². The Labute approximate surface area is 123 Å². The molecule has 0 radical (unpaired) electrons. The first-order valence-corrected chi connectivity index (χ1v) is 7.90. The van der Waals surface area contributed by atoms with Crippen molar-refractivity contribution in [2.24, 2.45) is 5.73 Å². The van der Waals surface area contributed by atoms with Crippen molar-refractivity contribution in [1.82, 2.24) is 0 Å². The van der Waals surface area contributed by atoms with Gasteiger partial charge in [0.05, 0.1) is 10.2 Å². The number of carbonyl (C=O) groups excluding carboxylic acids is 1. The molecular formula is C14H18N2OS2. The summed E-state index contributed by atoms with van der Waals surface area (Å²) in [6.45, 7) is 0. The lowest BCUT2D eigenvalue weighted by Gasteiger charge is -2.20. The number of benzene rings is 1. The Morgan fingerprint density at radius 3 is 2.68 bits per heavy atom. The molecule has 102 valence electrons. The minimum absolute atomic E-state index is 0.102. The quantitative estimate of drug-likeness (QED) is 0.838. The molecule has 1 aliphatic rings. The van der Waals surface area contributed by atoms with Gasteiger partial charge in [-0.25, -0.2) is 0 Å². The summed E-state index contributed by atoms with van der Waals surface area (Å²) in [4.78, 5) is 12.5. The minimum atomic E-state index is 0.102. The van der Waals surface area contributed by atoms with Crippen molar-refractivity contribution < 1.29 is 4.79 Å². The second-order valence-electron chi connectivity index (χ2n) is 4.68. The topological polar surface area (TPSA) is 55.1 Å². The monoisotopic (exact) mass is 294 g/mol. The van der Waals surface area contributed by atoms with Crippen LogP contribution in [-0.4, -0.2) is 21.9 Å². The molecule has 1 amide bonds. The lowest BCUT2D eigenvalue weighted by Crippen LogP contribution is -2.27. The molecule has 19 heavy (non-hydrogen) atoms. The number of nitrogens with two attached hydrogens (primary N) is 1. The highest BCUT2D eigenvalue weighted by Crippen LogP contribution is 2.26. The fourth-order valence-corrected chi connectivity index (χ4v) is 3.44. The standard InChI is InChI=1S/C14H18N2OS2/c15-13(18)9-10-4-6-11(7-5-10)16-14(17)12-3-1-2-8-19-12/h4-7,12H,1-3,8-9H2,(H2,15,18)(H,16,17). The van der Waals surface area contributed by atoms with Crippen LogP contribution in [0.4, 0.5) is 5.69 Å². The van der Waals surface area contributed by atoms with Crippen LogP contribution in [0.15, 0.2) is 24.3 Å².